The van der Waals surface area contributed by atoms with Crippen LogP contribution in [-0.2, 0) is 0 Å². The predicted octanol–water partition coefficient (Wildman–Crippen LogP) is 4.37. The molecule has 1 aliphatic heterocycles. The van der Waals surface area contributed by atoms with Crippen molar-refractivity contribution in [1.29, 1.82) is 0 Å². The van der Waals surface area contributed by atoms with Crippen molar-refractivity contribution in [2.45, 2.75) is 18.9 Å². The standard InChI is InChI=1S/C16H14Cl2N2O/c17-12-4-1-3-11(9-12)15-5-2-8-20(15)16(21)13-6-7-19-10-14(13)18/h1,3-4,6-7,9-10,15H,2,5,8H2. The molecule has 21 heavy (non-hydrogen) atoms. The molecule has 0 spiro atoms. The van der Waals surface area contributed by atoms with E-state index in [1.54, 1.807) is 12.3 Å². The maximum atomic E-state index is 12.7. The molecule has 2 aromatic rings. The van der Waals surface area contributed by atoms with Crippen molar-refractivity contribution in [1.82, 2.24) is 9.88 Å². The van der Waals surface area contributed by atoms with E-state index >= 15 is 0 Å². The normalized spacial score (nSPS) is 18.0. The first kappa shape index (κ1) is 14.4. The molecule has 0 bridgehead atoms. The number of hydrogen-bond acceptors (Lipinski definition) is 2. The Labute approximate surface area is 133 Å². The topological polar surface area (TPSA) is 33.2 Å². The number of amides is 1. The lowest BCUT2D eigenvalue weighted by Gasteiger charge is -2.25. The van der Waals surface area contributed by atoms with E-state index in [0.29, 0.717) is 15.6 Å². The van der Waals surface area contributed by atoms with Gasteiger partial charge in [-0.1, -0.05) is 35.3 Å². The van der Waals surface area contributed by atoms with Gasteiger partial charge in [-0.05, 0) is 36.6 Å². The summed E-state index contributed by atoms with van der Waals surface area (Å²) >= 11 is 12.1. The summed E-state index contributed by atoms with van der Waals surface area (Å²) in [7, 11) is 0. The van der Waals surface area contributed by atoms with Crippen LogP contribution in [0.4, 0.5) is 0 Å². The summed E-state index contributed by atoms with van der Waals surface area (Å²) in [6.45, 7) is 0.731. The zero-order valence-corrected chi connectivity index (χ0v) is 12.8. The van der Waals surface area contributed by atoms with Crippen LogP contribution in [0.1, 0.15) is 34.8 Å². The molecular formula is C16H14Cl2N2O. The van der Waals surface area contributed by atoms with E-state index in [1.165, 1.54) is 6.20 Å². The summed E-state index contributed by atoms with van der Waals surface area (Å²) in [5, 5.41) is 1.08. The first-order valence-electron chi connectivity index (χ1n) is 6.83. The van der Waals surface area contributed by atoms with E-state index in [0.717, 1.165) is 24.9 Å². The molecule has 2 heterocycles. The number of aromatic nitrogens is 1. The first-order chi connectivity index (χ1) is 10.2. The third kappa shape index (κ3) is 2.89. The third-order valence-corrected chi connectivity index (χ3v) is 4.29. The number of pyridine rings is 1. The van der Waals surface area contributed by atoms with Gasteiger partial charge in [-0.2, -0.15) is 0 Å². The van der Waals surface area contributed by atoms with E-state index in [2.05, 4.69) is 4.98 Å². The van der Waals surface area contributed by atoms with Crippen LogP contribution >= 0.6 is 23.2 Å². The van der Waals surface area contributed by atoms with Gasteiger partial charge >= 0.3 is 0 Å². The van der Waals surface area contributed by atoms with Crippen molar-refractivity contribution in [2.75, 3.05) is 6.54 Å². The molecule has 1 aromatic heterocycles. The summed E-state index contributed by atoms with van der Waals surface area (Å²) < 4.78 is 0. The Balaban J connectivity index is 1.91. The number of likely N-dealkylation sites (tertiary alicyclic amines) is 1. The van der Waals surface area contributed by atoms with Gasteiger partial charge in [0, 0.05) is 24.0 Å². The molecule has 1 fully saturated rings. The highest BCUT2D eigenvalue weighted by Crippen LogP contribution is 2.34. The maximum absolute atomic E-state index is 12.7. The number of hydrogen-bond donors (Lipinski definition) is 0. The number of halogens is 2. The lowest BCUT2D eigenvalue weighted by molar-refractivity contribution is 0.0735. The number of carbonyl (C=O) groups is 1. The third-order valence-electron chi connectivity index (χ3n) is 3.75. The van der Waals surface area contributed by atoms with Gasteiger partial charge in [0.2, 0.25) is 0 Å². The molecule has 1 aliphatic rings. The summed E-state index contributed by atoms with van der Waals surface area (Å²) in [5.41, 5.74) is 1.57. The molecule has 1 amide bonds. The van der Waals surface area contributed by atoms with E-state index in [9.17, 15) is 4.79 Å². The van der Waals surface area contributed by atoms with Gasteiger partial charge in [-0.15, -0.1) is 0 Å². The monoisotopic (exact) mass is 320 g/mol. The molecule has 108 valence electrons. The molecule has 3 nitrogen and oxygen atoms in total. The van der Waals surface area contributed by atoms with E-state index in [-0.39, 0.29) is 11.9 Å². The Hall–Kier alpha value is -1.58. The average Bonchev–Trinajstić information content (AvgIpc) is 2.96. The van der Waals surface area contributed by atoms with Crippen LogP contribution in [0.3, 0.4) is 0 Å². The van der Waals surface area contributed by atoms with Crippen LogP contribution in [0.5, 0.6) is 0 Å². The van der Waals surface area contributed by atoms with Gasteiger partial charge in [0.05, 0.1) is 16.6 Å². The second kappa shape index (κ2) is 6.04. The zero-order chi connectivity index (χ0) is 14.8. The smallest absolute Gasteiger partial charge is 0.255 e. The second-order valence-corrected chi connectivity index (χ2v) is 5.91. The lowest BCUT2D eigenvalue weighted by Crippen LogP contribution is -2.30. The van der Waals surface area contributed by atoms with E-state index in [1.807, 2.05) is 29.2 Å². The van der Waals surface area contributed by atoms with Crippen LogP contribution in [-0.4, -0.2) is 22.3 Å². The quantitative estimate of drug-likeness (QED) is 0.823. The highest BCUT2D eigenvalue weighted by Gasteiger charge is 2.31. The van der Waals surface area contributed by atoms with Gasteiger partial charge in [0.15, 0.2) is 0 Å². The van der Waals surface area contributed by atoms with Crippen molar-refractivity contribution in [2.24, 2.45) is 0 Å². The second-order valence-electron chi connectivity index (χ2n) is 5.07. The largest absolute Gasteiger partial charge is 0.332 e. The molecular weight excluding hydrogens is 307 g/mol. The van der Waals surface area contributed by atoms with Crippen LogP contribution in [0.25, 0.3) is 0 Å². The highest BCUT2D eigenvalue weighted by molar-refractivity contribution is 6.33. The summed E-state index contributed by atoms with van der Waals surface area (Å²) in [6, 6.07) is 9.41. The zero-order valence-electron chi connectivity index (χ0n) is 11.3. The molecule has 1 unspecified atom stereocenters. The summed E-state index contributed by atoms with van der Waals surface area (Å²) in [6.07, 6.45) is 5.00. The Morgan fingerprint density at radius 3 is 2.90 bits per heavy atom. The predicted molar refractivity (Wildman–Crippen MR) is 83.7 cm³/mol. The van der Waals surface area contributed by atoms with Crippen molar-refractivity contribution >= 4 is 29.1 Å². The van der Waals surface area contributed by atoms with Crippen molar-refractivity contribution < 1.29 is 4.79 Å². The van der Waals surface area contributed by atoms with Crippen molar-refractivity contribution in [3.8, 4) is 0 Å². The van der Waals surface area contributed by atoms with Crippen LogP contribution < -0.4 is 0 Å². The fourth-order valence-corrected chi connectivity index (χ4v) is 3.17. The van der Waals surface area contributed by atoms with Crippen molar-refractivity contribution in [3.63, 3.8) is 0 Å². The minimum atomic E-state index is -0.0510. The Morgan fingerprint density at radius 2 is 2.14 bits per heavy atom. The summed E-state index contributed by atoms with van der Waals surface area (Å²) in [4.78, 5) is 18.5. The molecule has 0 radical (unpaired) electrons. The fourth-order valence-electron chi connectivity index (χ4n) is 2.77. The van der Waals surface area contributed by atoms with Gasteiger partial charge in [0.25, 0.3) is 5.91 Å². The molecule has 0 N–H and O–H groups in total. The Morgan fingerprint density at radius 1 is 1.29 bits per heavy atom. The maximum Gasteiger partial charge on any atom is 0.255 e. The lowest BCUT2D eigenvalue weighted by atomic mass is 10.0. The minimum Gasteiger partial charge on any atom is -0.332 e. The molecule has 1 atom stereocenters. The van der Waals surface area contributed by atoms with Crippen molar-refractivity contribution in [3.05, 3.63) is 63.9 Å². The molecule has 0 saturated carbocycles. The Kier molecular flexibility index (Phi) is 4.13. The fraction of sp³-hybridized carbons (Fsp3) is 0.250. The van der Waals surface area contributed by atoms with E-state index in [4.69, 9.17) is 23.2 Å². The SMILES string of the molecule is O=C(c1ccncc1Cl)N1CCCC1c1cccc(Cl)c1. The summed E-state index contributed by atoms with van der Waals surface area (Å²) in [5.74, 6) is -0.0510. The van der Waals surface area contributed by atoms with Crippen LogP contribution in [0.15, 0.2) is 42.7 Å². The number of benzene rings is 1. The van der Waals surface area contributed by atoms with Crippen LogP contribution in [0, 0.1) is 0 Å². The number of carbonyl (C=O) groups excluding carboxylic acids is 1. The van der Waals surface area contributed by atoms with Crippen LogP contribution in [0.2, 0.25) is 10.0 Å². The Bertz CT molecular complexity index is 675. The molecule has 3 rings (SSSR count). The molecule has 0 aliphatic carbocycles. The highest BCUT2D eigenvalue weighted by atomic mass is 35.5. The van der Waals surface area contributed by atoms with E-state index < -0.39 is 0 Å². The molecule has 1 saturated heterocycles. The van der Waals surface area contributed by atoms with Gasteiger partial charge < -0.3 is 4.90 Å². The number of nitrogens with zero attached hydrogens (tertiary/aromatic N) is 2. The average molecular weight is 321 g/mol. The molecule has 1 aromatic carbocycles. The van der Waals surface area contributed by atoms with Gasteiger partial charge in [-0.3, -0.25) is 9.78 Å². The number of rotatable bonds is 2. The van der Waals surface area contributed by atoms with Gasteiger partial charge in [0.1, 0.15) is 0 Å². The first-order valence-corrected chi connectivity index (χ1v) is 7.58. The molecule has 5 heteroatoms. The van der Waals surface area contributed by atoms with Gasteiger partial charge in [-0.25, -0.2) is 0 Å². The minimum absolute atomic E-state index is 0.0510.